The van der Waals surface area contributed by atoms with Crippen LogP contribution in [0.15, 0.2) is 24.3 Å². The number of ether oxygens (including phenoxy) is 1. The van der Waals surface area contributed by atoms with E-state index in [1.165, 1.54) is 5.56 Å². The van der Waals surface area contributed by atoms with Crippen LogP contribution in [0.25, 0.3) is 0 Å². The molecule has 0 unspecified atom stereocenters. The first kappa shape index (κ1) is 13.6. The number of rotatable bonds is 6. The van der Waals surface area contributed by atoms with Gasteiger partial charge in [0.05, 0.1) is 0 Å². The van der Waals surface area contributed by atoms with Crippen LogP contribution >= 0.6 is 0 Å². The molecule has 3 nitrogen and oxygen atoms in total. The highest BCUT2D eigenvalue weighted by atomic mass is 16.5. The molecule has 0 radical (unpaired) electrons. The molecule has 3 heteroatoms. The Hall–Kier alpha value is -1.51. The highest BCUT2D eigenvalue weighted by molar-refractivity contribution is 5.80. The van der Waals surface area contributed by atoms with Crippen molar-refractivity contribution in [3.63, 3.8) is 0 Å². The fraction of sp³-hybridized carbons (Fsp3) is 0.500. The molecule has 17 heavy (non-hydrogen) atoms. The molecule has 0 aromatic heterocycles. The van der Waals surface area contributed by atoms with Crippen LogP contribution < -0.4 is 10.1 Å². The van der Waals surface area contributed by atoms with E-state index in [9.17, 15) is 4.79 Å². The smallest absolute Gasteiger partial charge is 0.260 e. The van der Waals surface area contributed by atoms with E-state index in [0.717, 1.165) is 25.1 Å². The number of nitrogens with one attached hydrogen (secondary N) is 1. The summed E-state index contributed by atoms with van der Waals surface area (Å²) in [5.74, 6) is 0.674. The van der Waals surface area contributed by atoms with E-state index in [-0.39, 0.29) is 5.91 Å². The summed E-state index contributed by atoms with van der Waals surface area (Å²) in [4.78, 5) is 11.7. The van der Waals surface area contributed by atoms with Gasteiger partial charge in [0.15, 0.2) is 6.10 Å². The summed E-state index contributed by atoms with van der Waals surface area (Å²) >= 11 is 0. The van der Waals surface area contributed by atoms with Gasteiger partial charge in [0.2, 0.25) is 0 Å². The summed E-state index contributed by atoms with van der Waals surface area (Å²) in [5.41, 5.74) is 1.18. The van der Waals surface area contributed by atoms with Gasteiger partial charge >= 0.3 is 0 Å². The first-order valence-electron chi connectivity index (χ1n) is 6.14. The number of aryl methyl sites for hydroxylation is 1. The Bertz CT molecular complexity index is 346. The molecule has 0 saturated heterocycles. The lowest BCUT2D eigenvalue weighted by molar-refractivity contribution is -0.127. The first-order valence-corrected chi connectivity index (χ1v) is 6.14. The van der Waals surface area contributed by atoms with Gasteiger partial charge in [0.1, 0.15) is 5.75 Å². The van der Waals surface area contributed by atoms with Crippen LogP contribution in [0.4, 0.5) is 0 Å². The molecule has 0 aliphatic rings. The average molecular weight is 235 g/mol. The fourth-order valence-electron chi connectivity index (χ4n) is 1.41. The number of carbonyl (C=O) groups is 1. The van der Waals surface area contributed by atoms with E-state index in [4.69, 9.17) is 4.74 Å². The van der Waals surface area contributed by atoms with Crippen molar-refractivity contribution in [2.45, 2.75) is 39.7 Å². The lowest BCUT2D eigenvalue weighted by Crippen LogP contribution is -2.36. The number of hydrogen-bond acceptors (Lipinski definition) is 2. The third-order valence-corrected chi connectivity index (χ3v) is 2.53. The van der Waals surface area contributed by atoms with Crippen molar-refractivity contribution < 1.29 is 9.53 Å². The molecule has 1 rings (SSSR count). The molecular weight excluding hydrogens is 214 g/mol. The average Bonchev–Trinajstić information content (AvgIpc) is 2.32. The minimum atomic E-state index is -0.449. The number of carbonyl (C=O) groups excluding carboxylic acids is 1. The van der Waals surface area contributed by atoms with Gasteiger partial charge < -0.3 is 10.1 Å². The molecule has 1 atom stereocenters. The van der Waals surface area contributed by atoms with Gasteiger partial charge in [-0.05, 0) is 32.4 Å². The van der Waals surface area contributed by atoms with Crippen LogP contribution in [0, 0.1) is 6.92 Å². The maximum absolute atomic E-state index is 11.7. The summed E-state index contributed by atoms with van der Waals surface area (Å²) < 4.78 is 5.55. The van der Waals surface area contributed by atoms with E-state index in [0.29, 0.717) is 0 Å². The maximum Gasteiger partial charge on any atom is 0.260 e. The number of benzene rings is 1. The molecule has 1 aromatic rings. The third-order valence-electron chi connectivity index (χ3n) is 2.53. The summed E-state index contributed by atoms with van der Waals surface area (Å²) in [6.07, 6.45) is 1.63. The van der Waals surface area contributed by atoms with Gasteiger partial charge in [-0.1, -0.05) is 31.0 Å². The molecule has 0 bridgehead atoms. The first-order chi connectivity index (χ1) is 8.13. The predicted molar refractivity (Wildman–Crippen MR) is 69.2 cm³/mol. The Balaban J connectivity index is 2.40. The largest absolute Gasteiger partial charge is 0.481 e. The number of amides is 1. The predicted octanol–water partition coefficient (Wildman–Crippen LogP) is 2.68. The van der Waals surface area contributed by atoms with Gasteiger partial charge in [-0.15, -0.1) is 0 Å². The summed E-state index contributed by atoms with van der Waals surface area (Å²) in [6.45, 7) is 6.60. The van der Waals surface area contributed by atoms with Crippen molar-refractivity contribution in [3.8, 4) is 5.75 Å². The Morgan fingerprint density at radius 2 is 2.00 bits per heavy atom. The molecule has 0 spiro atoms. The Labute approximate surface area is 103 Å². The lowest BCUT2D eigenvalue weighted by atomic mass is 10.2. The summed E-state index contributed by atoms with van der Waals surface area (Å²) in [5, 5.41) is 2.85. The lowest BCUT2D eigenvalue weighted by Gasteiger charge is -2.14. The van der Waals surface area contributed by atoms with Crippen molar-refractivity contribution in [1.82, 2.24) is 5.32 Å². The van der Waals surface area contributed by atoms with Gasteiger partial charge in [0.25, 0.3) is 5.91 Å². The van der Waals surface area contributed by atoms with Crippen LogP contribution in [-0.4, -0.2) is 18.6 Å². The van der Waals surface area contributed by atoms with E-state index in [1.807, 2.05) is 31.2 Å². The molecule has 1 amide bonds. The van der Waals surface area contributed by atoms with Gasteiger partial charge in [0, 0.05) is 6.54 Å². The topological polar surface area (TPSA) is 38.3 Å². The fourth-order valence-corrected chi connectivity index (χ4v) is 1.41. The Kier molecular flexibility index (Phi) is 5.53. The van der Waals surface area contributed by atoms with Crippen LogP contribution in [0.2, 0.25) is 0 Å². The zero-order valence-electron chi connectivity index (χ0n) is 10.8. The molecule has 1 aromatic carbocycles. The maximum atomic E-state index is 11.7. The highest BCUT2D eigenvalue weighted by Gasteiger charge is 2.13. The van der Waals surface area contributed by atoms with Crippen LogP contribution in [0.1, 0.15) is 32.3 Å². The molecule has 94 valence electrons. The molecular formula is C14H21NO2. The van der Waals surface area contributed by atoms with Crippen LogP contribution in [0.3, 0.4) is 0 Å². The van der Waals surface area contributed by atoms with Crippen molar-refractivity contribution in [1.29, 1.82) is 0 Å². The molecule has 0 aliphatic heterocycles. The second-order valence-corrected chi connectivity index (χ2v) is 4.22. The molecule has 0 aliphatic carbocycles. The molecule has 0 fully saturated rings. The normalized spacial score (nSPS) is 11.9. The number of hydrogen-bond donors (Lipinski definition) is 1. The molecule has 1 N–H and O–H groups in total. The monoisotopic (exact) mass is 235 g/mol. The van der Waals surface area contributed by atoms with E-state index < -0.39 is 6.10 Å². The molecule has 0 saturated carbocycles. The van der Waals surface area contributed by atoms with Gasteiger partial charge in [-0.3, -0.25) is 4.79 Å². The second-order valence-electron chi connectivity index (χ2n) is 4.22. The Morgan fingerprint density at radius 3 is 2.59 bits per heavy atom. The van der Waals surface area contributed by atoms with Crippen LogP contribution in [-0.2, 0) is 4.79 Å². The van der Waals surface area contributed by atoms with Crippen molar-refractivity contribution >= 4 is 5.91 Å². The molecule has 0 heterocycles. The van der Waals surface area contributed by atoms with E-state index in [1.54, 1.807) is 6.92 Å². The minimum Gasteiger partial charge on any atom is -0.481 e. The second kappa shape index (κ2) is 6.94. The minimum absolute atomic E-state index is 0.0565. The van der Waals surface area contributed by atoms with Crippen molar-refractivity contribution in [2.24, 2.45) is 0 Å². The third kappa shape index (κ3) is 4.89. The highest BCUT2D eigenvalue weighted by Crippen LogP contribution is 2.13. The van der Waals surface area contributed by atoms with E-state index >= 15 is 0 Å². The zero-order valence-corrected chi connectivity index (χ0v) is 10.8. The van der Waals surface area contributed by atoms with Crippen molar-refractivity contribution in [2.75, 3.05) is 6.54 Å². The zero-order chi connectivity index (χ0) is 12.7. The van der Waals surface area contributed by atoms with Crippen molar-refractivity contribution in [3.05, 3.63) is 29.8 Å². The number of unbranched alkanes of at least 4 members (excludes halogenated alkanes) is 1. The summed E-state index contributed by atoms with van der Waals surface area (Å²) in [7, 11) is 0. The van der Waals surface area contributed by atoms with Crippen LogP contribution in [0.5, 0.6) is 5.75 Å². The van der Waals surface area contributed by atoms with E-state index in [2.05, 4.69) is 12.2 Å². The standard InChI is InChI=1S/C14H21NO2/c1-4-5-10-15-14(16)12(3)17-13-8-6-11(2)7-9-13/h6-9,12H,4-5,10H2,1-3H3,(H,15,16)/t12-/m1/s1. The summed E-state index contributed by atoms with van der Waals surface area (Å²) in [6, 6.07) is 7.70. The Morgan fingerprint density at radius 1 is 1.35 bits per heavy atom. The SMILES string of the molecule is CCCCNC(=O)[C@@H](C)Oc1ccc(C)cc1. The van der Waals surface area contributed by atoms with Gasteiger partial charge in [-0.25, -0.2) is 0 Å². The van der Waals surface area contributed by atoms with Gasteiger partial charge in [-0.2, -0.15) is 0 Å². The quantitative estimate of drug-likeness (QED) is 0.770.